The smallest absolute Gasteiger partial charge is 0.232 e. The number of carbonyl (C=O) groups excluding carboxylic acids is 1. The number of rotatable bonds is 6. The number of thiocarbonyl (C=S) groups is 1. The van der Waals surface area contributed by atoms with Crippen molar-refractivity contribution in [1.29, 1.82) is 0 Å². The first-order valence-electron chi connectivity index (χ1n) is 6.22. The molecule has 0 aliphatic heterocycles. The normalized spacial score (nSPS) is 11.9. The number of hydrogen-bond donors (Lipinski definition) is 1. The zero-order valence-electron chi connectivity index (χ0n) is 10.9. The molecule has 0 spiro atoms. The van der Waals surface area contributed by atoms with Crippen molar-refractivity contribution >= 4 is 23.1 Å². The molecule has 0 heterocycles. The fourth-order valence-corrected chi connectivity index (χ4v) is 2.10. The Morgan fingerprint density at radius 2 is 1.83 bits per heavy atom. The van der Waals surface area contributed by atoms with E-state index in [1.807, 2.05) is 44.2 Å². The minimum absolute atomic E-state index is 0.0244. The lowest BCUT2D eigenvalue weighted by molar-refractivity contribution is -0.132. The van der Waals surface area contributed by atoms with E-state index in [4.69, 9.17) is 18.0 Å². The van der Waals surface area contributed by atoms with Crippen molar-refractivity contribution in [3.05, 3.63) is 35.9 Å². The SMILES string of the molecule is CCN(CC)C(=O)C(Cc1ccccc1)C(N)=S. The molecular formula is C14H20N2OS. The van der Waals surface area contributed by atoms with E-state index in [-0.39, 0.29) is 10.9 Å². The summed E-state index contributed by atoms with van der Waals surface area (Å²) in [6.07, 6.45) is 0.575. The Hall–Kier alpha value is -1.42. The molecule has 0 saturated heterocycles. The number of benzene rings is 1. The molecule has 0 fully saturated rings. The molecule has 3 nitrogen and oxygen atoms in total. The first kappa shape index (κ1) is 14.6. The van der Waals surface area contributed by atoms with Crippen LogP contribution < -0.4 is 5.73 Å². The van der Waals surface area contributed by atoms with E-state index in [2.05, 4.69) is 0 Å². The third-order valence-corrected chi connectivity index (χ3v) is 3.28. The topological polar surface area (TPSA) is 46.3 Å². The summed E-state index contributed by atoms with van der Waals surface area (Å²) in [5.74, 6) is -0.376. The van der Waals surface area contributed by atoms with E-state index in [9.17, 15) is 4.79 Å². The first-order valence-corrected chi connectivity index (χ1v) is 6.63. The zero-order chi connectivity index (χ0) is 13.5. The Morgan fingerprint density at radius 3 is 2.28 bits per heavy atom. The molecule has 2 N–H and O–H groups in total. The zero-order valence-corrected chi connectivity index (χ0v) is 11.7. The van der Waals surface area contributed by atoms with Crippen molar-refractivity contribution in [2.45, 2.75) is 20.3 Å². The lowest BCUT2D eigenvalue weighted by Crippen LogP contribution is -2.42. The van der Waals surface area contributed by atoms with Crippen LogP contribution in [0.25, 0.3) is 0 Å². The molecule has 18 heavy (non-hydrogen) atoms. The fourth-order valence-electron chi connectivity index (χ4n) is 1.92. The molecule has 1 rings (SSSR count). The maximum absolute atomic E-state index is 12.3. The van der Waals surface area contributed by atoms with Crippen LogP contribution in [0.3, 0.4) is 0 Å². The van der Waals surface area contributed by atoms with Gasteiger partial charge in [-0.15, -0.1) is 0 Å². The summed E-state index contributed by atoms with van der Waals surface area (Å²) < 4.78 is 0. The molecule has 0 aliphatic rings. The van der Waals surface area contributed by atoms with Crippen LogP contribution in [0.4, 0.5) is 0 Å². The maximum atomic E-state index is 12.3. The molecule has 1 amide bonds. The molecule has 1 unspecified atom stereocenters. The van der Waals surface area contributed by atoms with E-state index in [0.717, 1.165) is 5.56 Å². The predicted molar refractivity (Wildman–Crippen MR) is 78.3 cm³/mol. The van der Waals surface area contributed by atoms with Crippen molar-refractivity contribution in [1.82, 2.24) is 4.90 Å². The molecule has 0 radical (unpaired) electrons. The van der Waals surface area contributed by atoms with Gasteiger partial charge in [-0.3, -0.25) is 4.79 Å². The third kappa shape index (κ3) is 3.81. The molecule has 4 heteroatoms. The Bertz CT molecular complexity index is 402. The van der Waals surface area contributed by atoms with Crippen LogP contribution in [-0.2, 0) is 11.2 Å². The van der Waals surface area contributed by atoms with Gasteiger partial charge in [-0.05, 0) is 25.8 Å². The average molecular weight is 264 g/mol. The molecule has 98 valence electrons. The van der Waals surface area contributed by atoms with Crippen LogP contribution in [-0.4, -0.2) is 28.9 Å². The first-order chi connectivity index (χ1) is 8.60. The highest BCUT2D eigenvalue weighted by Crippen LogP contribution is 2.12. The van der Waals surface area contributed by atoms with E-state index in [0.29, 0.717) is 19.5 Å². The van der Waals surface area contributed by atoms with Crippen molar-refractivity contribution < 1.29 is 4.79 Å². The van der Waals surface area contributed by atoms with Crippen molar-refractivity contribution in [3.8, 4) is 0 Å². The van der Waals surface area contributed by atoms with Gasteiger partial charge in [0.15, 0.2) is 0 Å². The molecular weight excluding hydrogens is 244 g/mol. The quantitative estimate of drug-likeness (QED) is 0.799. The summed E-state index contributed by atoms with van der Waals surface area (Å²) in [7, 11) is 0. The lowest BCUT2D eigenvalue weighted by atomic mass is 9.98. The monoisotopic (exact) mass is 264 g/mol. The van der Waals surface area contributed by atoms with E-state index >= 15 is 0 Å². The molecule has 0 aromatic heterocycles. The van der Waals surface area contributed by atoms with Crippen LogP contribution in [0.5, 0.6) is 0 Å². The lowest BCUT2D eigenvalue weighted by Gasteiger charge is -2.24. The summed E-state index contributed by atoms with van der Waals surface area (Å²) in [5, 5.41) is 0. The summed E-state index contributed by atoms with van der Waals surface area (Å²) in [6.45, 7) is 5.29. The van der Waals surface area contributed by atoms with Gasteiger partial charge >= 0.3 is 0 Å². The molecule has 1 atom stereocenters. The Balaban J connectivity index is 2.84. The minimum Gasteiger partial charge on any atom is -0.393 e. The Morgan fingerprint density at radius 1 is 1.28 bits per heavy atom. The van der Waals surface area contributed by atoms with Gasteiger partial charge in [0, 0.05) is 13.1 Å². The van der Waals surface area contributed by atoms with Gasteiger partial charge in [-0.25, -0.2) is 0 Å². The number of amides is 1. The second-order valence-corrected chi connectivity index (χ2v) is 4.63. The van der Waals surface area contributed by atoms with E-state index in [1.54, 1.807) is 4.90 Å². The molecule has 0 bridgehead atoms. The van der Waals surface area contributed by atoms with Crippen LogP contribution >= 0.6 is 12.2 Å². The average Bonchev–Trinajstić information content (AvgIpc) is 2.38. The van der Waals surface area contributed by atoms with Crippen LogP contribution in [0.1, 0.15) is 19.4 Å². The summed E-state index contributed by atoms with van der Waals surface area (Å²) >= 11 is 5.04. The predicted octanol–water partition coefficient (Wildman–Crippen LogP) is 2.00. The molecule has 1 aromatic rings. The molecule has 1 aromatic carbocycles. The van der Waals surface area contributed by atoms with Gasteiger partial charge in [0.05, 0.1) is 10.9 Å². The fraction of sp³-hybridized carbons (Fsp3) is 0.429. The van der Waals surface area contributed by atoms with Gasteiger partial charge in [0.1, 0.15) is 0 Å². The highest BCUT2D eigenvalue weighted by Gasteiger charge is 2.25. The summed E-state index contributed by atoms with van der Waals surface area (Å²) in [5.41, 5.74) is 6.80. The van der Waals surface area contributed by atoms with Crippen molar-refractivity contribution in [2.24, 2.45) is 11.7 Å². The molecule has 0 saturated carbocycles. The second-order valence-electron chi connectivity index (χ2n) is 4.16. The van der Waals surface area contributed by atoms with Gasteiger partial charge in [-0.1, -0.05) is 42.5 Å². The van der Waals surface area contributed by atoms with Gasteiger partial charge in [0.2, 0.25) is 5.91 Å². The number of nitrogens with two attached hydrogens (primary N) is 1. The second kappa shape index (κ2) is 7.11. The largest absolute Gasteiger partial charge is 0.393 e. The Labute approximate surface area is 114 Å². The number of nitrogens with zero attached hydrogens (tertiary/aromatic N) is 1. The number of carbonyl (C=O) groups is 1. The van der Waals surface area contributed by atoms with E-state index < -0.39 is 5.92 Å². The van der Waals surface area contributed by atoms with Gasteiger partial charge in [-0.2, -0.15) is 0 Å². The summed E-state index contributed by atoms with van der Waals surface area (Å²) in [4.78, 5) is 14.4. The van der Waals surface area contributed by atoms with Crippen LogP contribution in [0, 0.1) is 5.92 Å². The number of hydrogen-bond acceptors (Lipinski definition) is 2. The van der Waals surface area contributed by atoms with Crippen molar-refractivity contribution in [2.75, 3.05) is 13.1 Å². The Kier molecular flexibility index (Phi) is 5.78. The van der Waals surface area contributed by atoms with Gasteiger partial charge < -0.3 is 10.6 Å². The highest BCUT2D eigenvalue weighted by atomic mass is 32.1. The summed E-state index contributed by atoms with van der Waals surface area (Å²) in [6, 6.07) is 9.83. The highest BCUT2D eigenvalue weighted by molar-refractivity contribution is 7.80. The minimum atomic E-state index is -0.401. The van der Waals surface area contributed by atoms with Crippen LogP contribution in [0.15, 0.2) is 30.3 Å². The van der Waals surface area contributed by atoms with Gasteiger partial charge in [0.25, 0.3) is 0 Å². The van der Waals surface area contributed by atoms with E-state index in [1.165, 1.54) is 0 Å². The van der Waals surface area contributed by atoms with Crippen LogP contribution in [0.2, 0.25) is 0 Å². The maximum Gasteiger partial charge on any atom is 0.232 e. The molecule has 0 aliphatic carbocycles. The van der Waals surface area contributed by atoms with Crippen molar-refractivity contribution in [3.63, 3.8) is 0 Å². The third-order valence-electron chi connectivity index (χ3n) is 3.00. The standard InChI is InChI=1S/C14H20N2OS/c1-3-16(4-2)14(17)12(13(15)18)10-11-8-6-5-7-9-11/h5-9,12H,3-4,10H2,1-2H3,(H2,15,18).